The molecule has 7 nitrogen and oxygen atoms in total. The highest BCUT2D eigenvalue weighted by Gasteiger charge is 2.15. The minimum Gasteiger partial charge on any atom is -0.490 e. The van der Waals surface area contributed by atoms with Gasteiger partial charge in [-0.25, -0.2) is 0 Å². The third-order valence-electron chi connectivity index (χ3n) is 3.86. The van der Waals surface area contributed by atoms with Crippen LogP contribution in [0.5, 0.6) is 11.5 Å². The van der Waals surface area contributed by atoms with E-state index in [4.69, 9.17) is 21.1 Å². The van der Waals surface area contributed by atoms with Crippen LogP contribution in [0.25, 0.3) is 0 Å². The molecule has 0 heterocycles. The monoisotopic (exact) mass is 420 g/mol. The van der Waals surface area contributed by atoms with Gasteiger partial charge in [-0.3, -0.25) is 9.59 Å². The van der Waals surface area contributed by atoms with E-state index in [0.29, 0.717) is 41.1 Å². The number of rotatable bonds is 10. The number of halogens is 1. The second-order valence-electron chi connectivity index (χ2n) is 6.44. The number of ether oxygens (including phenoxy) is 2. The lowest BCUT2D eigenvalue weighted by molar-refractivity contribution is -0.862. The number of nitrogens with one attached hydrogen (secondary N) is 3. The Bertz CT molecular complexity index is 844. The first-order chi connectivity index (χ1) is 13.9. The van der Waals surface area contributed by atoms with Gasteiger partial charge in [0.05, 0.1) is 20.3 Å². The number of anilines is 2. The summed E-state index contributed by atoms with van der Waals surface area (Å²) in [6.07, 6.45) is 0. The SMILES string of the molecule is CCOc1ccc(NC(=O)C[NH+](C)CC(=O)Nc2cccc(Cl)c2)cc1OCC. The fourth-order valence-corrected chi connectivity index (χ4v) is 2.91. The largest absolute Gasteiger partial charge is 0.490 e. The zero-order chi connectivity index (χ0) is 21.2. The molecule has 0 aromatic heterocycles. The summed E-state index contributed by atoms with van der Waals surface area (Å²) in [4.78, 5) is 25.2. The van der Waals surface area contributed by atoms with Crippen molar-refractivity contribution in [2.75, 3.05) is 44.0 Å². The van der Waals surface area contributed by atoms with Crippen LogP contribution in [0.15, 0.2) is 42.5 Å². The maximum absolute atomic E-state index is 12.3. The van der Waals surface area contributed by atoms with Crippen molar-refractivity contribution in [2.24, 2.45) is 0 Å². The highest BCUT2D eigenvalue weighted by molar-refractivity contribution is 6.30. The summed E-state index contributed by atoms with van der Waals surface area (Å²) < 4.78 is 11.1. The molecule has 0 aliphatic carbocycles. The molecular weight excluding hydrogens is 394 g/mol. The van der Waals surface area contributed by atoms with Gasteiger partial charge in [-0.05, 0) is 44.2 Å². The average molecular weight is 421 g/mol. The number of hydrogen-bond acceptors (Lipinski definition) is 4. The van der Waals surface area contributed by atoms with E-state index in [2.05, 4.69) is 10.6 Å². The van der Waals surface area contributed by atoms with Gasteiger partial charge in [-0.1, -0.05) is 17.7 Å². The molecule has 0 spiro atoms. The lowest BCUT2D eigenvalue weighted by Crippen LogP contribution is -3.11. The van der Waals surface area contributed by atoms with Crippen LogP contribution in [-0.4, -0.2) is 45.2 Å². The molecule has 0 radical (unpaired) electrons. The number of amides is 2. The molecule has 3 N–H and O–H groups in total. The summed E-state index contributed by atoms with van der Waals surface area (Å²) >= 11 is 5.91. The summed E-state index contributed by atoms with van der Waals surface area (Å²) in [6.45, 7) is 5.08. The van der Waals surface area contributed by atoms with Crippen molar-refractivity contribution < 1.29 is 24.0 Å². The summed E-state index contributed by atoms with van der Waals surface area (Å²) in [6, 6.07) is 12.2. The molecule has 2 aromatic carbocycles. The van der Waals surface area contributed by atoms with E-state index in [1.54, 1.807) is 49.5 Å². The first kappa shape index (κ1) is 22.5. The van der Waals surface area contributed by atoms with E-state index < -0.39 is 0 Å². The fourth-order valence-electron chi connectivity index (χ4n) is 2.72. The molecule has 0 aliphatic heterocycles. The quantitative estimate of drug-likeness (QED) is 0.550. The number of carbonyl (C=O) groups is 2. The van der Waals surface area contributed by atoms with Crippen LogP contribution in [0.2, 0.25) is 5.02 Å². The van der Waals surface area contributed by atoms with Crippen molar-refractivity contribution >= 4 is 34.8 Å². The average Bonchev–Trinajstić information content (AvgIpc) is 2.63. The Morgan fingerprint density at radius 3 is 2.07 bits per heavy atom. The van der Waals surface area contributed by atoms with Crippen molar-refractivity contribution in [1.82, 2.24) is 0 Å². The van der Waals surface area contributed by atoms with Gasteiger partial charge in [0, 0.05) is 22.5 Å². The summed E-state index contributed by atoms with van der Waals surface area (Å²) in [5.41, 5.74) is 1.23. The van der Waals surface area contributed by atoms with Crippen molar-refractivity contribution in [1.29, 1.82) is 0 Å². The highest BCUT2D eigenvalue weighted by Crippen LogP contribution is 2.30. The molecule has 0 aliphatic rings. The van der Waals surface area contributed by atoms with Crippen LogP contribution in [0.1, 0.15) is 13.8 Å². The van der Waals surface area contributed by atoms with E-state index >= 15 is 0 Å². The topological polar surface area (TPSA) is 81.1 Å². The number of hydrogen-bond donors (Lipinski definition) is 3. The minimum absolute atomic E-state index is 0.139. The minimum atomic E-state index is -0.204. The van der Waals surface area contributed by atoms with Crippen LogP contribution in [0.4, 0.5) is 11.4 Å². The molecular formula is C21H27ClN3O4+. The Kier molecular flexibility index (Phi) is 8.76. The van der Waals surface area contributed by atoms with E-state index in [0.717, 1.165) is 4.90 Å². The van der Waals surface area contributed by atoms with Crippen molar-refractivity contribution in [2.45, 2.75) is 13.8 Å². The molecule has 0 bridgehead atoms. The lowest BCUT2D eigenvalue weighted by Gasteiger charge is -2.15. The van der Waals surface area contributed by atoms with Crippen molar-refractivity contribution in [3.8, 4) is 11.5 Å². The maximum Gasteiger partial charge on any atom is 0.279 e. The first-order valence-corrected chi connectivity index (χ1v) is 9.85. The smallest absolute Gasteiger partial charge is 0.279 e. The van der Waals surface area contributed by atoms with Gasteiger partial charge < -0.3 is 25.0 Å². The molecule has 29 heavy (non-hydrogen) atoms. The predicted octanol–water partition coefficient (Wildman–Crippen LogP) is 2.23. The zero-order valence-electron chi connectivity index (χ0n) is 16.9. The molecule has 0 fully saturated rings. The summed E-state index contributed by atoms with van der Waals surface area (Å²) in [5.74, 6) is 0.809. The second-order valence-corrected chi connectivity index (χ2v) is 6.88. The van der Waals surface area contributed by atoms with Crippen LogP contribution < -0.4 is 25.0 Å². The van der Waals surface area contributed by atoms with Gasteiger partial charge in [0.25, 0.3) is 11.8 Å². The van der Waals surface area contributed by atoms with Gasteiger partial charge in [0.1, 0.15) is 0 Å². The van der Waals surface area contributed by atoms with Gasteiger partial charge in [-0.2, -0.15) is 0 Å². The van der Waals surface area contributed by atoms with Crippen LogP contribution >= 0.6 is 11.6 Å². The molecule has 2 amide bonds. The fraction of sp³-hybridized carbons (Fsp3) is 0.333. The number of likely N-dealkylation sites (N-methyl/N-ethyl adjacent to an activating group) is 1. The molecule has 1 atom stereocenters. The Labute approximate surface area is 175 Å². The van der Waals surface area contributed by atoms with E-state index in [-0.39, 0.29) is 24.9 Å². The molecule has 2 rings (SSSR count). The van der Waals surface area contributed by atoms with Gasteiger partial charge in [-0.15, -0.1) is 0 Å². The van der Waals surface area contributed by atoms with Crippen molar-refractivity contribution in [3.05, 3.63) is 47.5 Å². The summed E-state index contributed by atoms with van der Waals surface area (Å²) in [5, 5.41) is 6.14. The molecule has 2 aromatic rings. The van der Waals surface area contributed by atoms with Crippen molar-refractivity contribution in [3.63, 3.8) is 0 Å². The number of quaternary nitrogens is 1. The standard InChI is InChI=1S/C21H26ClN3O4/c1-4-28-18-10-9-17(12-19(18)29-5-2)24-21(27)14-25(3)13-20(26)23-16-8-6-7-15(22)11-16/h6-12H,4-5,13-14H2,1-3H3,(H,23,26)(H,24,27)/p+1. The van der Waals surface area contributed by atoms with E-state index in [9.17, 15) is 9.59 Å². The van der Waals surface area contributed by atoms with Crippen LogP contribution in [0.3, 0.4) is 0 Å². The van der Waals surface area contributed by atoms with E-state index in [1.807, 2.05) is 13.8 Å². The highest BCUT2D eigenvalue weighted by atomic mass is 35.5. The van der Waals surface area contributed by atoms with Gasteiger partial charge in [0.15, 0.2) is 24.6 Å². The van der Waals surface area contributed by atoms with Gasteiger partial charge in [0.2, 0.25) is 0 Å². The number of benzene rings is 2. The third-order valence-corrected chi connectivity index (χ3v) is 4.10. The Balaban J connectivity index is 1.87. The first-order valence-electron chi connectivity index (χ1n) is 9.47. The Morgan fingerprint density at radius 2 is 1.48 bits per heavy atom. The van der Waals surface area contributed by atoms with Crippen LogP contribution in [-0.2, 0) is 9.59 Å². The molecule has 0 saturated carbocycles. The normalized spacial score (nSPS) is 11.4. The molecule has 156 valence electrons. The Hall–Kier alpha value is -2.77. The lowest BCUT2D eigenvalue weighted by atomic mass is 10.2. The molecule has 8 heteroatoms. The predicted molar refractivity (Wildman–Crippen MR) is 114 cm³/mol. The number of carbonyl (C=O) groups excluding carboxylic acids is 2. The maximum atomic E-state index is 12.3. The van der Waals surface area contributed by atoms with Gasteiger partial charge >= 0.3 is 0 Å². The molecule has 0 saturated heterocycles. The third kappa shape index (κ3) is 7.63. The Morgan fingerprint density at radius 1 is 0.897 bits per heavy atom. The molecule has 1 unspecified atom stereocenters. The summed E-state index contributed by atoms with van der Waals surface area (Å²) in [7, 11) is 1.78. The zero-order valence-corrected chi connectivity index (χ0v) is 17.6. The van der Waals surface area contributed by atoms with Crippen LogP contribution in [0, 0.1) is 0 Å². The van der Waals surface area contributed by atoms with E-state index in [1.165, 1.54) is 0 Å². The second kappa shape index (κ2) is 11.3.